The van der Waals surface area contributed by atoms with Gasteiger partial charge in [-0.25, -0.2) is 8.42 Å². The van der Waals surface area contributed by atoms with E-state index in [0.29, 0.717) is 31.2 Å². The molecule has 8 nitrogen and oxygen atoms in total. The van der Waals surface area contributed by atoms with Crippen molar-refractivity contribution in [3.63, 3.8) is 0 Å². The van der Waals surface area contributed by atoms with Crippen LogP contribution in [0.15, 0.2) is 35.2 Å². The highest BCUT2D eigenvalue weighted by Gasteiger charge is 2.31. The number of hydrogen-bond donors (Lipinski definition) is 0. The van der Waals surface area contributed by atoms with Gasteiger partial charge in [-0.05, 0) is 30.3 Å². The van der Waals surface area contributed by atoms with E-state index in [0.717, 1.165) is 11.6 Å². The van der Waals surface area contributed by atoms with Crippen LogP contribution < -0.4 is 14.5 Å². The first-order valence-electron chi connectivity index (χ1n) is 8.42. The van der Waals surface area contributed by atoms with Gasteiger partial charge in [-0.1, -0.05) is 11.6 Å². The number of piperazine rings is 1. The Morgan fingerprint density at radius 3 is 2.33 bits per heavy atom. The van der Waals surface area contributed by atoms with Crippen LogP contribution in [-0.4, -0.2) is 70.3 Å². The number of halogens is 1. The molecule has 0 spiro atoms. The fourth-order valence-electron chi connectivity index (χ4n) is 2.87. The Balaban J connectivity index is 1.74. The van der Waals surface area contributed by atoms with Crippen LogP contribution in [0.2, 0.25) is 5.02 Å². The summed E-state index contributed by atoms with van der Waals surface area (Å²) in [6.07, 6.45) is 0. The molecule has 1 aliphatic heterocycles. The van der Waals surface area contributed by atoms with Crippen LogP contribution in [0.5, 0.6) is 5.75 Å². The summed E-state index contributed by atoms with van der Waals surface area (Å²) in [6, 6.07) is 8.38. The monoisotopic (exact) mass is 411 g/mol. The molecule has 1 aromatic heterocycles. The fraction of sp³-hybridized carbons (Fsp3) is 0.412. The zero-order valence-corrected chi connectivity index (χ0v) is 17.0. The lowest BCUT2D eigenvalue weighted by Gasteiger charge is -2.34. The van der Waals surface area contributed by atoms with Gasteiger partial charge in [-0.15, -0.1) is 10.2 Å². The van der Waals surface area contributed by atoms with E-state index in [1.165, 1.54) is 17.5 Å². The van der Waals surface area contributed by atoms with Crippen LogP contribution in [-0.2, 0) is 10.0 Å². The molecule has 0 unspecified atom stereocenters. The Morgan fingerprint density at radius 2 is 1.78 bits per heavy atom. The van der Waals surface area contributed by atoms with E-state index < -0.39 is 10.0 Å². The number of sulfonamides is 1. The van der Waals surface area contributed by atoms with Gasteiger partial charge >= 0.3 is 0 Å². The summed E-state index contributed by atoms with van der Waals surface area (Å²) in [5.74, 6) is 1.79. The molecule has 0 saturated carbocycles. The number of anilines is 2. The zero-order chi connectivity index (χ0) is 19.6. The van der Waals surface area contributed by atoms with Crippen molar-refractivity contribution >= 4 is 33.3 Å². The highest BCUT2D eigenvalue weighted by molar-refractivity contribution is 7.89. The fourth-order valence-corrected chi connectivity index (χ4v) is 4.71. The molecular weight excluding hydrogens is 390 g/mol. The van der Waals surface area contributed by atoms with Crippen LogP contribution in [0.3, 0.4) is 0 Å². The highest BCUT2D eigenvalue weighted by Crippen LogP contribution is 2.30. The molecule has 146 valence electrons. The van der Waals surface area contributed by atoms with Crippen molar-refractivity contribution in [3.05, 3.63) is 35.4 Å². The van der Waals surface area contributed by atoms with Crippen molar-refractivity contribution in [2.24, 2.45) is 0 Å². The van der Waals surface area contributed by atoms with Crippen molar-refractivity contribution in [1.82, 2.24) is 14.5 Å². The molecule has 1 aliphatic rings. The molecule has 1 fully saturated rings. The topological polar surface area (TPSA) is 78.9 Å². The molecule has 0 bridgehead atoms. The highest BCUT2D eigenvalue weighted by atomic mass is 35.5. The number of methoxy groups -OCH3 is 1. The van der Waals surface area contributed by atoms with Gasteiger partial charge in [-0.2, -0.15) is 4.31 Å². The van der Waals surface area contributed by atoms with Gasteiger partial charge in [0.2, 0.25) is 10.0 Å². The quantitative estimate of drug-likeness (QED) is 0.741. The van der Waals surface area contributed by atoms with Gasteiger partial charge in [0.05, 0.1) is 7.11 Å². The second kappa shape index (κ2) is 7.87. The van der Waals surface area contributed by atoms with Crippen LogP contribution in [0.4, 0.5) is 11.6 Å². The summed E-state index contributed by atoms with van der Waals surface area (Å²) >= 11 is 5.99. The summed E-state index contributed by atoms with van der Waals surface area (Å²) in [5.41, 5.74) is 0. The number of benzene rings is 1. The summed E-state index contributed by atoms with van der Waals surface area (Å²) < 4.78 is 32.7. The Bertz CT molecular complexity index is 897. The lowest BCUT2D eigenvalue weighted by Crippen LogP contribution is -2.49. The first-order chi connectivity index (χ1) is 12.8. The maximum absolute atomic E-state index is 13.0. The van der Waals surface area contributed by atoms with E-state index in [-0.39, 0.29) is 10.6 Å². The minimum absolute atomic E-state index is 0.0843. The Hall–Kier alpha value is -2.10. The van der Waals surface area contributed by atoms with E-state index in [1.807, 2.05) is 36.0 Å². The average molecular weight is 412 g/mol. The molecule has 1 saturated heterocycles. The zero-order valence-electron chi connectivity index (χ0n) is 15.5. The predicted molar refractivity (Wildman–Crippen MR) is 105 cm³/mol. The van der Waals surface area contributed by atoms with Gasteiger partial charge in [0.1, 0.15) is 10.6 Å². The van der Waals surface area contributed by atoms with Crippen LogP contribution in [0.25, 0.3) is 0 Å². The molecule has 2 aromatic rings. The normalized spacial score (nSPS) is 15.6. The third-order valence-electron chi connectivity index (χ3n) is 4.40. The maximum Gasteiger partial charge on any atom is 0.246 e. The third-order valence-corrected chi connectivity index (χ3v) is 6.56. The van der Waals surface area contributed by atoms with Gasteiger partial charge in [0.15, 0.2) is 11.6 Å². The van der Waals surface area contributed by atoms with E-state index >= 15 is 0 Å². The molecule has 0 amide bonds. The first-order valence-corrected chi connectivity index (χ1v) is 10.2. The predicted octanol–water partition coefficient (Wildman–Crippen LogP) is 1.72. The van der Waals surface area contributed by atoms with Crippen LogP contribution in [0.1, 0.15) is 0 Å². The second-order valence-corrected chi connectivity index (χ2v) is 8.67. The minimum Gasteiger partial charge on any atom is -0.495 e. The number of aromatic nitrogens is 2. The Labute approximate surface area is 164 Å². The third kappa shape index (κ3) is 4.10. The van der Waals surface area contributed by atoms with Gasteiger partial charge in [0.25, 0.3) is 0 Å². The number of ether oxygens (including phenoxy) is 1. The largest absolute Gasteiger partial charge is 0.495 e. The second-order valence-electron chi connectivity index (χ2n) is 6.33. The van der Waals surface area contributed by atoms with Crippen molar-refractivity contribution in [1.29, 1.82) is 0 Å². The molecule has 0 radical (unpaired) electrons. The lowest BCUT2D eigenvalue weighted by molar-refractivity contribution is 0.373. The van der Waals surface area contributed by atoms with Crippen molar-refractivity contribution in [3.8, 4) is 5.75 Å². The molecule has 27 heavy (non-hydrogen) atoms. The van der Waals surface area contributed by atoms with Crippen molar-refractivity contribution < 1.29 is 13.2 Å². The van der Waals surface area contributed by atoms with Gasteiger partial charge in [-0.3, -0.25) is 0 Å². The first kappa shape index (κ1) is 19.7. The molecule has 2 heterocycles. The average Bonchev–Trinajstić information content (AvgIpc) is 2.68. The number of hydrogen-bond acceptors (Lipinski definition) is 7. The molecule has 0 aliphatic carbocycles. The van der Waals surface area contributed by atoms with E-state index in [2.05, 4.69) is 10.2 Å². The summed E-state index contributed by atoms with van der Waals surface area (Å²) in [4.78, 5) is 3.98. The van der Waals surface area contributed by atoms with E-state index in [4.69, 9.17) is 16.3 Å². The molecule has 10 heteroatoms. The Morgan fingerprint density at radius 1 is 1.07 bits per heavy atom. The smallest absolute Gasteiger partial charge is 0.246 e. The molecule has 0 N–H and O–H groups in total. The maximum atomic E-state index is 13.0. The SMILES string of the molecule is COc1ccc(Cl)cc1S(=O)(=O)N1CCN(c2ccc(N(C)C)nn2)CC1. The van der Waals surface area contributed by atoms with E-state index in [9.17, 15) is 8.42 Å². The van der Waals surface area contributed by atoms with Crippen LogP contribution in [0, 0.1) is 0 Å². The van der Waals surface area contributed by atoms with Crippen molar-refractivity contribution in [2.75, 3.05) is 57.2 Å². The van der Waals surface area contributed by atoms with E-state index in [1.54, 1.807) is 12.1 Å². The standard InChI is InChI=1S/C17H22ClN5O3S/c1-21(2)16-6-7-17(20-19-16)22-8-10-23(11-9-22)27(24,25)15-12-13(18)4-5-14(15)26-3/h4-7,12H,8-11H2,1-3H3. The summed E-state index contributed by atoms with van der Waals surface area (Å²) in [6.45, 7) is 1.74. The van der Waals surface area contributed by atoms with Crippen molar-refractivity contribution in [2.45, 2.75) is 4.90 Å². The molecule has 0 atom stereocenters. The molecule has 3 rings (SSSR count). The Kier molecular flexibility index (Phi) is 5.73. The summed E-state index contributed by atoms with van der Waals surface area (Å²) in [5, 5.41) is 8.76. The summed E-state index contributed by atoms with van der Waals surface area (Å²) in [7, 11) is 1.54. The molecule has 1 aromatic carbocycles. The van der Waals surface area contributed by atoms with Gasteiger partial charge in [0, 0.05) is 45.3 Å². The van der Waals surface area contributed by atoms with Crippen LogP contribution >= 0.6 is 11.6 Å². The minimum atomic E-state index is -3.70. The number of rotatable bonds is 5. The van der Waals surface area contributed by atoms with Gasteiger partial charge < -0.3 is 14.5 Å². The number of nitrogens with zero attached hydrogens (tertiary/aromatic N) is 5. The lowest BCUT2D eigenvalue weighted by atomic mass is 10.3. The molecular formula is C17H22ClN5O3S.